The number of piperazine rings is 1. The van der Waals surface area contributed by atoms with Gasteiger partial charge in [-0.2, -0.15) is 0 Å². The Labute approximate surface area is 274 Å². The molecule has 7 heterocycles. The van der Waals surface area contributed by atoms with E-state index in [1.165, 1.54) is 11.3 Å². The van der Waals surface area contributed by atoms with E-state index in [0.717, 1.165) is 74.7 Å². The molecule has 1 aliphatic carbocycles. The van der Waals surface area contributed by atoms with E-state index in [9.17, 15) is 9.59 Å². The van der Waals surface area contributed by atoms with Crippen molar-refractivity contribution in [1.82, 2.24) is 24.0 Å². The molecule has 11 heteroatoms. The average Bonchev–Trinajstić information content (AvgIpc) is 3.51. The molecule has 4 aromatic heterocycles. The molecular weight excluding hydrogens is 592 g/mol. The Balaban J connectivity index is 0.994. The van der Waals surface area contributed by atoms with Gasteiger partial charge in [-0.1, -0.05) is 13.8 Å². The zero-order valence-corrected chi connectivity index (χ0v) is 27.6. The first-order valence-electron chi connectivity index (χ1n) is 16.7. The second kappa shape index (κ2) is 11.3. The molecule has 0 spiro atoms. The molecule has 4 aliphatic rings. The first-order chi connectivity index (χ1) is 22.6. The predicted molar refractivity (Wildman–Crippen MR) is 183 cm³/mol. The number of carbonyl (C=O) groups excluding carboxylic acids is 1. The highest BCUT2D eigenvalue weighted by molar-refractivity contribution is 6.06. The Kier molecular flexibility index (Phi) is 7.21. The summed E-state index contributed by atoms with van der Waals surface area (Å²) in [6, 6.07) is 12.7. The van der Waals surface area contributed by atoms with Gasteiger partial charge in [0.05, 0.1) is 31.1 Å². The minimum atomic E-state index is -0.151. The molecule has 3 aliphatic heterocycles. The van der Waals surface area contributed by atoms with Gasteiger partial charge in [-0.25, -0.2) is 9.97 Å². The maximum Gasteiger partial charge on any atom is 0.276 e. The maximum atomic E-state index is 13.7. The van der Waals surface area contributed by atoms with Crippen molar-refractivity contribution in [2.45, 2.75) is 52.2 Å². The summed E-state index contributed by atoms with van der Waals surface area (Å²) in [5.41, 5.74) is 6.66. The van der Waals surface area contributed by atoms with Crippen LogP contribution in [-0.4, -0.2) is 81.4 Å². The topological polar surface area (TPSA) is 101 Å². The lowest BCUT2D eigenvalue weighted by atomic mass is 9.90. The number of pyridine rings is 3. The number of aromatic nitrogens is 4. The Bertz CT molecular complexity index is 1910. The Morgan fingerprint density at radius 2 is 1.81 bits per heavy atom. The first kappa shape index (κ1) is 29.9. The number of nitrogens with zero attached hydrogens (tertiary/aromatic N) is 7. The summed E-state index contributed by atoms with van der Waals surface area (Å²) >= 11 is 0. The van der Waals surface area contributed by atoms with E-state index in [1.54, 1.807) is 22.7 Å². The fourth-order valence-electron chi connectivity index (χ4n) is 7.74. The number of rotatable bonds is 6. The van der Waals surface area contributed by atoms with Crippen LogP contribution in [0.15, 0.2) is 59.8 Å². The minimum Gasteiger partial charge on any atom is -0.378 e. The number of amides is 1. The van der Waals surface area contributed by atoms with Gasteiger partial charge in [-0.15, -0.1) is 0 Å². The molecule has 0 unspecified atom stereocenters. The van der Waals surface area contributed by atoms with Gasteiger partial charge in [0.15, 0.2) is 0 Å². The predicted octanol–water partition coefficient (Wildman–Crippen LogP) is 4.08. The Morgan fingerprint density at radius 1 is 0.957 bits per heavy atom. The summed E-state index contributed by atoms with van der Waals surface area (Å²) in [6.45, 7) is 12.8. The highest BCUT2D eigenvalue weighted by Gasteiger charge is 2.37. The van der Waals surface area contributed by atoms with Crippen LogP contribution in [-0.2, 0) is 31.2 Å². The molecule has 47 heavy (non-hydrogen) atoms. The van der Waals surface area contributed by atoms with Gasteiger partial charge in [-0.05, 0) is 72.7 Å². The van der Waals surface area contributed by atoms with Crippen LogP contribution in [0.1, 0.15) is 42.5 Å². The van der Waals surface area contributed by atoms with E-state index >= 15 is 0 Å². The van der Waals surface area contributed by atoms with Crippen LogP contribution in [0.5, 0.6) is 0 Å². The molecule has 1 atom stereocenters. The number of hydrogen-bond donors (Lipinski definition) is 1. The number of anilines is 4. The zero-order chi connectivity index (χ0) is 32.4. The molecule has 1 N–H and O–H groups in total. The molecule has 8 rings (SSSR count). The SMILES string of the molecule is C[C@@H]1CN(C2COC2)CCN1c1ccc(Nc2cc(-c3ccnc(N4CCn5c(cc6c5CC(C)(C)C6)C4=O)c3)cn(C)c2=O)nc1. The molecule has 1 amide bonds. The third-order valence-electron chi connectivity index (χ3n) is 10.3. The lowest BCUT2D eigenvalue weighted by Gasteiger charge is -2.46. The highest BCUT2D eigenvalue weighted by atomic mass is 16.5. The van der Waals surface area contributed by atoms with Crippen molar-refractivity contribution in [3.63, 3.8) is 0 Å². The summed E-state index contributed by atoms with van der Waals surface area (Å²) in [6.07, 6.45) is 7.42. The van der Waals surface area contributed by atoms with Crippen molar-refractivity contribution < 1.29 is 9.53 Å². The summed E-state index contributed by atoms with van der Waals surface area (Å²) in [5, 5.41) is 3.25. The van der Waals surface area contributed by atoms with Gasteiger partial charge in [0.1, 0.15) is 23.0 Å². The van der Waals surface area contributed by atoms with Crippen molar-refractivity contribution >= 4 is 28.9 Å². The van der Waals surface area contributed by atoms with Gasteiger partial charge in [0.2, 0.25) is 0 Å². The van der Waals surface area contributed by atoms with Gasteiger partial charge in [0, 0.05) is 69.5 Å². The standard InChI is InChI=1S/C36H42N8O3/c1-23-19-41(28-21-47-22-28)9-10-42(23)27-5-6-32(38-18-27)39-29-13-26(20-40(4)34(29)45)24-7-8-37-33(15-24)44-12-11-43-30(35(44)46)14-25-16-36(2,3)17-31(25)43/h5-8,13-15,18,20,23,28H,9-12,16-17,19,21-22H2,1-4H3,(H,38,39)/t23-/m1/s1. The van der Waals surface area contributed by atoms with E-state index < -0.39 is 0 Å². The lowest BCUT2D eigenvalue weighted by molar-refractivity contribution is -0.0691. The van der Waals surface area contributed by atoms with Gasteiger partial charge >= 0.3 is 0 Å². The zero-order valence-electron chi connectivity index (χ0n) is 27.6. The van der Waals surface area contributed by atoms with E-state index in [4.69, 9.17) is 4.74 Å². The third kappa shape index (κ3) is 5.41. The van der Waals surface area contributed by atoms with Crippen molar-refractivity contribution in [2.75, 3.05) is 54.5 Å². The number of aryl methyl sites for hydroxylation is 1. The molecule has 2 fully saturated rings. The van der Waals surface area contributed by atoms with Gasteiger partial charge in [-0.3, -0.25) is 19.4 Å². The molecule has 0 radical (unpaired) electrons. The first-order valence-corrected chi connectivity index (χ1v) is 16.7. The van der Waals surface area contributed by atoms with Crippen LogP contribution in [0.3, 0.4) is 0 Å². The van der Waals surface area contributed by atoms with Crippen molar-refractivity contribution in [1.29, 1.82) is 0 Å². The second-order valence-electron chi connectivity index (χ2n) is 14.3. The lowest BCUT2D eigenvalue weighted by Crippen LogP contribution is -2.59. The number of ether oxygens (including phenoxy) is 1. The van der Waals surface area contributed by atoms with Crippen LogP contribution in [0.25, 0.3) is 11.1 Å². The smallest absolute Gasteiger partial charge is 0.276 e. The van der Waals surface area contributed by atoms with Crippen molar-refractivity contribution in [3.8, 4) is 11.1 Å². The largest absolute Gasteiger partial charge is 0.378 e. The summed E-state index contributed by atoms with van der Waals surface area (Å²) in [4.78, 5) is 42.8. The monoisotopic (exact) mass is 634 g/mol. The molecule has 0 bridgehead atoms. The minimum absolute atomic E-state index is 0.0188. The number of hydrogen-bond acceptors (Lipinski definition) is 8. The number of nitrogens with one attached hydrogen (secondary N) is 1. The number of carbonyl (C=O) groups is 1. The number of fused-ring (bicyclic) bond motifs is 3. The average molecular weight is 635 g/mol. The summed E-state index contributed by atoms with van der Waals surface area (Å²) in [7, 11) is 1.75. The van der Waals surface area contributed by atoms with Crippen molar-refractivity contribution in [3.05, 3.63) is 82.3 Å². The third-order valence-corrected chi connectivity index (χ3v) is 10.3. The van der Waals surface area contributed by atoms with Crippen LogP contribution in [0.4, 0.5) is 23.0 Å². The van der Waals surface area contributed by atoms with E-state index in [1.807, 2.05) is 36.7 Å². The molecule has 244 valence electrons. The molecule has 11 nitrogen and oxygen atoms in total. The van der Waals surface area contributed by atoms with Crippen molar-refractivity contribution in [2.24, 2.45) is 12.5 Å². The van der Waals surface area contributed by atoms with E-state index in [0.29, 0.717) is 36.0 Å². The Hall–Kier alpha value is -4.48. The molecule has 2 saturated heterocycles. The fourth-order valence-corrected chi connectivity index (χ4v) is 7.74. The summed E-state index contributed by atoms with van der Waals surface area (Å²) in [5.74, 6) is 1.19. The van der Waals surface area contributed by atoms with Crippen LogP contribution in [0, 0.1) is 5.41 Å². The molecular formula is C36H42N8O3. The van der Waals surface area contributed by atoms with Crippen LogP contribution < -0.4 is 20.7 Å². The Morgan fingerprint density at radius 3 is 2.55 bits per heavy atom. The second-order valence-corrected chi connectivity index (χ2v) is 14.3. The van der Waals surface area contributed by atoms with Gasteiger partial charge < -0.3 is 24.1 Å². The highest BCUT2D eigenvalue weighted by Crippen LogP contribution is 2.39. The van der Waals surface area contributed by atoms with E-state index in [2.05, 4.69) is 62.6 Å². The summed E-state index contributed by atoms with van der Waals surface area (Å²) < 4.78 is 9.17. The molecule has 0 aromatic carbocycles. The fraction of sp³-hybridized carbons (Fsp3) is 0.444. The normalized spacial score (nSPS) is 21.0. The maximum absolute atomic E-state index is 13.7. The molecule has 4 aromatic rings. The van der Waals surface area contributed by atoms with E-state index in [-0.39, 0.29) is 16.9 Å². The quantitative estimate of drug-likeness (QED) is 0.339. The van der Waals surface area contributed by atoms with Crippen LogP contribution in [0.2, 0.25) is 0 Å². The van der Waals surface area contributed by atoms with Gasteiger partial charge in [0.25, 0.3) is 11.5 Å². The van der Waals surface area contributed by atoms with Crippen LogP contribution >= 0.6 is 0 Å². The molecule has 0 saturated carbocycles.